The summed E-state index contributed by atoms with van der Waals surface area (Å²) in [4.78, 5) is 18.6. The lowest BCUT2D eigenvalue weighted by molar-refractivity contribution is -0.892. The van der Waals surface area contributed by atoms with E-state index in [-0.39, 0.29) is 11.9 Å². The Morgan fingerprint density at radius 3 is 2.54 bits per heavy atom. The van der Waals surface area contributed by atoms with Gasteiger partial charge in [-0.2, -0.15) is 0 Å². The van der Waals surface area contributed by atoms with E-state index in [0.29, 0.717) is 12.3 Å². The van der Waals surface area contributed by atoms with Crippen LogP contribution in [-0.4, -0.2) is 49.8 Å². The van der Waals surface area contributed by atoms with Crippen LogP contribution in [0.3, 0.4) is 0 Å². The van der Waals surface area contributed by atoms with Gasteiger partial charge in [-0.1, -0.05) is 18.2 Å². The predicted molar refractivity (Wildman–Crippen MR) is 103 cm³/mol. The van der Waals surface area contributed by atoms with Gasteiger partial charge in [0.1, 0.15) is 5.75 Å². The third-order valence-corrected chi connectivity index (χ3v) is 5.56. The summed E-state index contributed by atoms with van der Waals surface area (Å²) in [6, 6.07) is 15.9. The van der Waals surface area contributed by atoms with Crippen LogP contribution in [0, 0.1) is 0 Å². The van der Waals surface area contributed by atoms with Crippen molar-refractivity contribution in [2.45, 2.75) is 19.4 Å². The van der Waals surface area contributed by atoms with E-state index in [1.807, 2.05) is 29.2 Å². The summed E-state index contributed by atoms with van der Waals surface area (Å²) in [6.07, 6.45) is 0.950. The summed E-state index contributed by atoms with van der Waals surface area (Å²) in [6.45, 7) is 6.46. The van der Waals surface area contributed by atoms with Gasteiger partial charge in [-0.25, -0.2) is 0 Å². The van der Waals surface area contributed by atoms with Crippen molar-refractivity contribution >= 4 is 17.3 Å². The van der Waals surface area contributed by atoms with E-state index in [4.69, 9.17) is 0 Å². The van der Waals surface area contributed by atoms with Gasteiger partial charge in [0.15, 0.2) is 6.54 Å². The summed E-state index contributed by atoms with van der Waals surface area (Å²) in [5.74, 6) is 0.527. The highest BCUT2D eigenvalue weighted by atomic mass is 16.3. The van der Waals surface area contributed by atoms with Crippen molar-refractivity contribution in [3.63, 3.8) is 0 Å². The van der Waals surface area contributed by atoms with Crippen LogP contribution in [-0.2, 0) is 11.2 Å². The quantitative estimate of drug-likeness (QED) is 0.869. The number of quaternary nitrogens is 1. The molecule has 0 aromatic heterocycles. The lowest BCUT2D eigenvalue weighted by atomic mass is 10.1. The number of piperazine rings is 1. The van der Waals surface area contributed by atoms with E-state index in [0.717, 1.165) is 44.0 Å². The van der Waals surface area contributed by atoms with Crippen molar-refractivity contribution < 1.29 is 14.8 Å². The van der Waals surface area contributed by atoms with Crippen LogP contribution in [0.5, 0.6) is 5.75 Å². The van der Waals surface area contributed by atoms with Crippen LogP contribution in [0.4, 0.5) is 11.4 Å². The number of hydrogen-bond acceptors (Lipinski definition) is 3. The zero-order chi connectivity index (χ0) is 18.1. The van der Waals surface area contributed by atoms with Gasteiger partial charge >= 0.3 is 0 Å². The molecule has 0 radical (unpaired) electrons. The Labute approximate surface area is 154 Å². The molecule has 1 fully saturated rings. The third kappa shape index (κ3) is 3.27. The summed E-state index contributed by atoms with van der Waals surface area (Å²) in [7, 11) is 0. The van der Waals surface area contributed by atoms with Gasteiger partial charge in [0, 0.05) is 17.4 Å². The second-order valence-electron chi connectivity index (χ2n) is 7.38. The second-order valence-corrected chi connectivity index (χ2v) is 7.38. The molecule has 5 nitrogen and oxygen atoms in total. The number of nitrogens with zero attached hydrogens (tertiary/aromatic N) is 2. The summed E-state index contributed by atoms with van der Waals surface area (Å²) >= 11 is 0. The number of anilines is 2. The maximum atomic E-state index is 12.9. The van der Waals surface area contributed by atoms with E-state index < -0.39 is 0 Å². The highest BCUT2D eigenvalue weighted by Crippen LogP contribution is 2.31. The van der Waals surface area contributed by atoms with E-state index >= 15 is 0 Å². The van der Waals surface area contributed by atoms with Crippen LogP contribution in [0.25, 0.3) is 0 Å². The fourth-order valence-corrected chi connectivity index (χ4v) is 4.17. The molecule has 2 aliphatic rings. The molecule has 26 heavy (non-hydrogen) atoms. The first-order chi connectivity index (χ1) is 12.6. The Balaban J connectivity index is 1.36. The number of aromatic hydroxyl groups is 1. The molecule has 136 valence electrons. The summed E-state index contributed by atoms with van der Waals surface area (Å²) < 4.78 is 0. The topological polar surface area (TPSA) is 48.2 Å². The highest BCUT2D eigenvalue weighted by molar-refractivity contribution is 5.96. The fraction of sp³-hybridized carbons (Fsp3) is 0.381. The molecule has 5 heteroatoms. The predicted octanol–water partition coefficient (Wildman–Crippen LogP) is 1.07. The maximum Gasteiger partial charge on any atom is 0.282 e. The number of hydrogen-bond donors (Lipinski definition) is 2. The first-order valence-corrected chi connectivity index (χ1v) is 9.39. The molecule has 2 N–H and O–H groups in total. The largest absolute Gasteiger partial charge is 0.508 e. The Kier molecular flexibility index (Phi) is 4.55. The van der Waals surface area contributed by atoms with Gasteiger partial charge in [-0.15, -0.1) is 0 Å². The Hall–Kier alpha value is -2.53. The first kappa shape index (κ1) is 16.9. The van der Waals surface area contributed by atoms with Crippen molar-refractivity contribution in [1.82, 2.24) is 0 Å². The number of carbonyl (C=O) groups excluding carboxylic acids is 1. The molecule has 2 aliphatic heterocycles. The lowest BCUT2D eigenvalue weighted by Crippen LogP contribution is -3.16. The van der Waals surface area contributed by atoms with Gasteiger partial charge in [0.2, 0.25) is 0 Å². The Morgan fingerprint density at radius 1 is 1.12 bits per heavy atom. The van der Waals surface area contributed by atoms with Crippen LogP contribution in [0.1, 0.15) is 12.5 Å². The molecule has 2 heterocycles. The molecule has 2 aromatic rings. The standard InChI is InChI=1S/C21H25N3O2/c1-16-14-17-4-2-3-5-20(17)24(16)21(26)15-22-10-12-23(13-11-22)18-6-8-19(25)9-7-18/h2-9,16,25H,10-15H2,1H3/p+1/t16-/m1/s1. The average Bonchev–Trinajstić information content (AvgIpc) is 2.99. The van der Waals surface area contributed by atoms with E-state index in [2.05, 4.69) is 24.0 Å². The minimum absolute atomic E-state index is 0.232. The van der Waals surface area contributed by atoms with Crippen molar-refractivity contribution in [3.8, 4) is 5.75 Å². The monoisotopic (exact) mass is 352 g/mol. The molecule has 1 saturated heterocycles. The zero-order valence-electron chi connectivity index (χ0n) is 15.2. The molecular formula is C21H26N3O2+. The van der Waals surface area contributed by atoms with Crippen molar-refractivity contribution in [2.75, 3.05) is 42.5 Å². The van der Waals surface area contributed by atoms with Gasteiger partial charge in [0.25, 0.3) is 5.91 Å². The highest BCUT2D eigenvalue weighted by Gasteiger charge is 2.33. The van der Waals surface area contributed by atoms with Crippen LogP contribution in [0.15, 0.2) is 48.5 Å². The summed E-state index contributed by atoms with van der Waals surface area (Å²) in [5, 5.41) is 9.43. The fourth-order valence-electron chi connectivity index (χ4n) is 4.17. The number of benzene rings is 2. The van der Waals surface area contributed by atoms with Crippen LogP contribution in [0.2, 0.25) is 0 Å². The molecule has 0 bridgehead atoms. The molecule has 1 amide bonds. The summed E-state index contributed by atoms with van der Waals surface area (Å²) in [5.41, 5.74) is 3.50. The number of para-hydroxylation sites is 1. The number of carbonyl (C=O) groups is 1. The molecule has 2 aromatic carbocycles. The molecule has 0 unspecified atom stereocenters. The van der Waals surface area contributed by atoms with Gasteiger partial charge in [-0.05, 0) is 49.2 Å². The van der Waals surface area contributed by atoms with Crippen molar-refractivity contribution in [2.24, 2.45) is 0 Å². The van der Waals surface area contributed by atoms with Crippen LogP contribution < -0.4 is 14.7 Å². The molecule has 0 saturated carbocycles. The second kappa shape index (κ2) is 7.00. The smallest absolute Gasteiger partial charge is 0.282 e. The van der Waals surface area contributed by atoms with E-state index in [1.54, 1.807) is 12.1 Å². The third-order valence-electron chi connectivity index (χ3n) is 5.56. The lowest BCUT2D eigenvalue weighted by Gasteiger charge is -2.34. The van der Waals surface area contributed by atoms with Gasteiger partial charge in [0.05, 0.1) is 26.2 Å². The average molecular weight is 352 g/mol. The maximum absolute atomic E-state index is 12.9. The number of amides is 1. The SMILES string of the molecule is C[C@@H]1Cc2ccccc2N1C(=O)C[NH+]1CCN(c2ccc(O)cc2)CC1. The minimum atomic E-state index is 0.232. The molecule has 1 atom stereocenters. The molecule has 0 spiro atoms. The minimum Gasteiger partial charge on any atom is -0.508 e. The van der Waals surface area contributed by atoms with Crippen molar-refractivity contribution in [1.29, 1.82) is 0 Å². The Morgan fingerprint density at radius 2 is 1.81 bits per heavy atom. The number of rotatable bonds is 3. The molecule has 0 aliphatic carbocycles. The molecule has 4 rings (SSSR count). The number of phenolic OH excluding ortho intramolecular Hbond substituents is 1. The van der Waals surface area contributed by atoms with Crippen LogP contribution >= 0.6 is 0 Å². The normalized spacial score (nSPS) is 20.3. The first-order valence-electron chi connectivity index (χ1n) is 9.39. The zero-order valence-corrected chi connectivity index (χ0v) is 15.2. The number of nitrogens with one attached hydrogen (secondary N) is 1. The molecular weight excluding hydrogens is 326 g/mol. The number of phenols is 1. The number of fused-ring (bicyclic) bond motifs is 1. The van der Waals surface area contributed by atoms with E-state index in [1.165, 1.54) is 10.5 Å². The van der Waals surface area contributed by atoms with E-state index in [9.17, 15) is 9.90 Å². The van der Waals surface area contributed by atoms with Crippen molar-refractivity contribution in [3.05, 3.63) is 54.1 Å². The van der Waals surface area contributed by atoms with Gasteiger partial charge in [-0.3, -0.25) is 4.79 Å². The Bertz CT molecular complexity index is 782. The van der Waals surface area contributed by atoms with Gasteiger partial charge < -0.3 is 19.8 Å².